The summed E-state index contributed by atoms with van der Waals surface area (Å²) in [4.78, 5) is 4.40. The summed E-state index contributed by atoms with van der Waals surface area (Å²) in [5.41, 5.74) is 1.03. The molecule has 0 spiro atoms. The minimum atomic E-state index is 0.316. The molecule has 1 unspecified atom stereocenters. The van der Waals surface area contributed by atoms with Crippen LogP contribution in [0.4, 0.5) is 0 Å². The van der Waals surface area contributed by atoms with Crippen molar-refractivity contribution in [2.75, 3.05) is 21.3 Å². The Hall–Kier alpha value is -2.08. The minimum Gasteiger partial charge on any atom is -0.493 e. The van der Waals surface area contributed by atoms with E-state index in [0.29, 0.717) is 35.7 Å². The Labute approximate surface area is 124 Å². The smallest absolute Gasteiger partial charge is 0.231 e. The molecule has 1 N–H and O–H groups in total. The molecule has 1 atom stereocenters. The number of methoxy groups -OCH3 is 2. The van der Waals surface area contributed by atoms with E-state index in [4.69, 9.17) is 14.0 Å². The summed E-state index contributed by atoms with van der Waals surface area (Å²) >= 11 is 0. The van der Waals surface area contributed by atoms with Crippen LogP contribution < -0.4 is 14.8 Å². The fourth-order valence-corrected chi connectivity index (χ4v) is 1.99. The second-order valence-corrected chi connectivity index (χ2v) is 4.86. The van der Waals surface area contributed by atoms with Gasteiger partial charge < -0.3 is 19.3 Å². The average molecular weight is 291 g/mol. The van der Waals surface area contributed by atoms with E-state index in [2.05, 4.69) is 22.4 Å². The maximum Gasteiger partial charge on any atom is 0.231 e. The van der Waals surface area contributed by atoms with Crippen LogP contribution in [0.2, 0.25) is 0 Å². The molecule has 0 aliphatic heterocycles. The molecular weight excluding hydrogens is 270 g/mol. The van der Waals surface area contributed by atoms with Gasteiger partial charge in [-0.2, -0.15) is 4.98 Å². The second kappa shape index (κ2) is 7.08. The number of likely N-dealkylation sites (N-methyl/N-ethyl adjacent to an activating group) is 1. The van der Waals surface area contributed by atoms with Crippen molar-refractivity contribution < 1.29 is 14.0 Å². The van der Waals surface area contributed by atoms with Gasteiger partial charge in [0.2, 0.25) is 5.89 Å². The predicted molar refractivity (Wildman–Crippen MR) is 78.9 cm³/mol. The third kappa shape index (κ3) is 3.95. The highest BCUT2D eigenvalue weighted by Crippen LogP contribution is 2.28. The monoisotopic (exact) mass is 291 g/mol. The Balaban J connectivity index is 2.08. The Morgan fingerprint density at radius 2 is 2.00 bits per heavy atom. The van der Waals surface area contributed by atoms with Crippen LogP contribution in [0.1, 0.15) is 24.2 Å². The molecule has 0 bridgehead atoms. The minimum absolute atomic E-state index is 0.316. The van der Waals surface area contributed by atoms with E-state index in [-0.39, 0.29) is 0 Å². The molecule has 0 aliphatic carbocycles. The number of ether oxygens (including phenoxy) is 2. The topological polar surface area (TPSA) is 69.4 Å². The Bertz CT molecular complexity index is 583. The molecule has 0 radical (unpaired) electrons. The van der Waals surface area contributed by atoms with E-state index in [1.54, 1.807) is 14.2 Å². The quantitative estimate of drug-likeness (QED) is 0.839. The van der Waals surface area contributed by atoms with Crippen molar-refractivity contribution >= 4 is 0 Å². The zero-order valence-corrected chi connectivity index (χ0v) is 12.8. The lowest BCUT2D eigenvalue weighted by Crippen LogP contribution is -2.24. The van der Waals surface area contributed by atoms with Crippen molar-refractivity contribution in [2.24, 2.45) is 0 Å². The van der Waals surface area contributed by atoms with E-state index in [9.17, 15) is 0 Å². The van der Waals surface area contributed by atoms with E-state index in [0.717, 1.165) is 12.0 Å². The number of benzene rings is 1. The summed E-state index contributed by atoms with van der Waals surface area (Å²) in [7, 11) is 5.14. The Morgan fingerprint density at radius 3 is 2.67 bits per heavy atom. The highest BCUT2D eigenvalue weighted by Gasteiger charge is 2.11. The Kier molecular flexibility index (Phi) is 5.16. The van der Waals surface area contributed by atoms with Gasteiger partial charge in [-0.3, -0.25) is 0 Å². The molecule has 114 valence electrons. The standard InChI is InChI=1S/C15H21N3O3/c1-10(16-2)7-14-17-15(21-18-14)9-11-5-6-12(19-3)13(8-11)20-4/h5-6,8,10,16H,7,9H2,1-4H3. The summed E-state index contributed by atoms with van der Waals surface area (Å²) in [5, 5.41) is 7.14. The fraction of sp³-hybridized carbons (Fsp3) is 0.467. The van der Waals surface area contributed by atoms with Gasteiger partial charge in [0.15, 0.2) is 17.3 Å². The number of aromatic nitrogens is 2. The van der Waals surface area contributed by atoms with Crippen LogP contribution in [0.3, 0.4) is 0 Å². The van der Waals surface area contributed by atoms with Gasteiger partial charge in [0.25, 0.3) is 0 Å². The maximum absolute atomic E-state index is 5.29. The van der Waals surface area contributed by atoms with Gasteiger partial charge in [-0.1, -0.05) is 11.2 Å². The highest BCUT2D eigenvalue weighted by atomic mass is 16.5. The molecule has 1 aromatic heterocycles. The first kappa shape index (κ1) is 15.3. The first-order chi connectivity index (χ1) is 10.2. The largest absolute Gasteiger partial charge is 0.493 e. The van der Waals surface area contributed by atoms with Crippen LogP contribution in [0.25, 0.3) is 0 Å². The molecule has 0 aliphatic rings. The van der Waals surface area contributed by atoms with Crippen LogP contribution in [0.5, 0.6) is 11.5 Å². The second-order valence-electron chi connectivity index (χ2n) is 4.86. The van der Waals surface area contributed by atoms with Crippen molar-refractivity contribution in [3.05, 3.63) is 35.5 Å². The van der Waals surface area contributed by atoms with Crippen molar-refractivity contribution in [3.8, 4) is 11.5 Å². The molecule has 0 amide bonds. The van der Waals surface area contributed by atoms with E-state index in [1.807, 2.05) is 25.2 Å². The zero-order valence-electron chi connectivity index (χ0n) is 12.8. The zero-order chi connectivity index (χ0) is 15.2. The number of nitrogens with zero attached hydrogens (tertiary/aromatic N) is 2. The molecular formula is C15H21N3O3. The number of hydrogen-bond acceptors (Lipinski definition) is 6. The van der Waals surface area contributed by atoms with Gasteiger partial charge in [0.05, 0.1) is 20.6 Å². The molecule has 1 heterocycles. The molecule has 2 aromatic rings. The SMILES string of the molecule is CNC(C)Cc1noc(Cc2ccc(OC)c(OC)c2)n1. The first-order valence-corrected chi connectivity index (χ1v) is 6.86. The van der Waals surface area contributed by atoms with Crippen LogP contribution in [-0.2, 0) is 12.8 Å². The van der Waals surface area contributed by atoms with Crippen molar-refractivity contribution in [3.63, 3.8) is 0 Å². The van der Waals surface area contributed by atoms with Crippen LogP contribution in [-0.4, -0.2) is 37.4 Å². The lowest BCUT2D eigenvalue weighted by Gasteiger charge is -2.08. The number of hydrogen-bond donors (Lipinski definition) is 1. The third-order valence-corrected chi connectivity index (χ3v) is 3.30. The van der Waals surface area contributed by atoms with Gasteiger partial charge in [0, 0.05) is 12.5 Å². The van der Waals surface area contributed by atoms with Crippen LogP contribution >= 0.6 is 0 Å². The molecule has 21 heavy (non-hydrogen) atoms. The Morgan fingerprint density at radius 1 is 1.24 bits per heavy atom. The van der Waals surface area contributed by atoms with Gasteiger partial charge in [-0.05, 0) is 31.7 Å². The molecule has 0 saturated heterocycles. The average Bonchev–Trinajstić information content (AvgIpc) is 2.93. The summed E-state index contributed by atoms with van der Waals surface area (Å²) in [5.74, 6) is 2.71. The first-order valence-electron chi connectivity index (χ1n) is 6.86. The fourth-order valence-electron chi connectivity index (χ4n) is 1.99. The molecule has 0 saturated carbocycles. The van der Waals surface area contributed by atoms with Gasteiger partial charge in [0.1, 0.15) is 0 Å². The molecule has 2 rings (SSSR count). The van der Waals surface area contributed by atoms with Crippen molar-refractivity contribution in [1.29, 1.82) is 0 Å². The van der Waals surface area contributed by atoms with Crippen molar-refractivity contribution in [2.45, 2.75) is 25.8 Å². The third-order valence-electron chi connectivity index (χ3n) is 3.30. The van der Waals surface area contributed by atoms with Crippen LogP contribution in [0.15, 0.2) is 22.7 Å². The molecule has 1 aromatic carbocycles. The van der Waals surface area contributed by atoms with E-state index in [1.165, 1.54) is 0 Å². The lowest BCUT2D eigenvalue weighted by molar-refractivity contribution is 0.354. The highest BCUT2D eigenvalue weighted by molar-refractivity contribution is 5.43. The summed E-state index contributed by atoms with van der Waals surface area (Å²) in [6.07, 6.45) is 1.31. The summed E-state index contributed by atoms with van der Waals surface area (Å²) in [6.45, 7) is 2.07. The van der Waals surface area contributed by atoms with Gasteiger partial charge in [-0.25, -0.2) is 0 Å². The maximum atomic E-state index is 5.29. The van der Waals surface area contributed by atoms with E-state index < -0.39 is 0 Å². The van der Waals surface area contributed by atoms with Gasteiger partial charge >= 0.3 is 0 Å². The lowest BCUT2D eigenvalue weighted by atomic mass is 10.1. The van der Waals surface area contributed by atoms with Crippen LogP contribution in [0, 0.1) is 0 Å². The molecule has 6 heteroatoms. The summed E-state index contributed by atoms with van der Waals surface area (Å²) in [6, 6.07) is 6.06. The molecule has 6 nitrogen and oxygen atoms in total. The van der Waals surface area contributed by atoms with Crippen molar-refractivity contribution in [1.82, 2.24) is 15.5 Å². The van der Waals surface area contributed by atoms with Gasteiger partial charge in [-0.15, -0.1) is 0 Å². The normalized spacial score (nSPS) is 12.2. The predicted octanol–water partition coefficient (Wildman–Crippen LogP) is 1.83. The molecule has 0 fully saturated rings. The number of nitrogens with one attached hydrogen (secondary N) is 1. The van der Waals surface area contributed by atoms with E-state index >= 15 is 0 Å². The summed E-state index contributed by atoms with van der Waals surface area (Å²) < 4.78 is 15.8. The number of rotatable bonds is 7.